The van der Waals surface area contributed by atoms with E-state index in [4.69, 9.17) is 23.7 Å². The lowest BCUT2D eigenvalue weighted by molar-refractivity contribution is -0.268. The molecule has 0 radical (unpaired) electrons. The van der Waals surface area contributed by atoms with Gasteiger partial charge < -0.3 is 39.0 Å². The molecule has 0 aromatic carbocycles. The number of hydrogen-bond donors (Lipinski definition) is 3. The predicted molar refractivity (Wildman–Crippen MR) is 240 cm³/mol. The Kier molecular flexibility index (Phi) is 21.5. The van der Waals surface area contributed by atoms with Crippen LogP contribution in [0.2, 0.25) is 0 Å². The molecule has 1 saturated carbocycles. The molecule has 0 spiro atoms. The Labute approximate surface area is 376 Å². The summed E-state index contributed by atoms with van der Waals surface area (Å²) in [5.74, 6) is -3.90. The third-order valence-electron chi connectivity index (χ3n) is 14.1. The number of ketones is 3. The van der Waals surface area contributed by atoms with Gasteiger partial charge in [0.25, 0.3) is 0 Å². The Morgan fingerprint density at radius 1 is 0.889 bits per heavy atom. The highest BCUT2D eigenvalue weighted by Gasteiger charge is 2.48. The van der Waals surface area contributed by atoms with Crippen molar-refractivity contribution >= 4 is 23.3 Å². The first-order valence-electron chi connectivity index (χ1n) is 23.6. The number of aliphatic hydroxyl groups excluding tert-OH is 2. The van der Waals surface area contributed by atoms with Crippen molar-refractivity contribution in [1.29, 1.82) is 0 Å². The van der Waals surface area contributed by atoms with E-state index in [1.807, 2.05) is 63.0 Å². The van der Waals surface area contributed by atoms with Crippen LogP contribution < -0.4 is 0 Å². The molecular weight excluding hydrogens is 807 g/mol. The number of piperidine rings is 1. The third-order valence-corrected chi connectivity index (χ3v) is 14.1. The third kappa shape index (κ3) is 15.9. The van der Waals surface area contributed by atoms with Crippen molar-refractivity contribution in [1.82, 2.24) is 4.90 Å². The maximum absolute atomic E-state index is 14.1. The molecule has 0 amide bonds. The van der Waals surface area contributed by atoms with Crippen LogP contribution in [0.25, 0.3) is 0 Å². The minimum Gasteiger partial charge on any atom is -0.460 e. The fraction of sp³-hybridized carbons (Fsp3) is 0.760. The highest BCUT2D eigenvalue weighted by Crippen LogP contribution is 2.37. The van der Waals surface area contributed by atoms with E-state index in [2.05, 4.69) is 0 Å². The van der Waals surface area contributed by atoms with Crippen molar-refractivity contribution in [3.63, 3.8) is 0 Å². The molecule has 4 rings (SSSR count). The van der Waals surface area contributed by atoms with Gasteiger partial charge in [0.05, 0.1) is 30.5 Å². The van der Waals surface area contributed by atoms with Gasteiger partial charge in [-0.05, 0) is 101 Å². The molecule has 0 aromatic rings. The number of aliphatic hydroxyl groups is 3. The maximum Gasteiger partial charge on any atom is 0.323 e. The molecule has 0 unspecified atom stereocenters. The Hall–Kier alpha value is -2.88. The standard InChI is InChI=1S/C50H79NO12/c1-32-14-10-9-11-15-34(3)45(59-7)28-40-21-18-37(6)50(58,63-40)48(56)30-61-31-51-23-13-12-16-41(51)49(57)62-46(36(5)25-38-19-22-42(53)47(26-38)60-8)27-39(52)20-17-33(2)43(54)29-44(55)35(4)24-32/h9-11,14-15,17,32,35-38,40-43,45-47,53-54,58H,12-13,16,18-31H2,1-8H3/b11-9+,14-10+,33-17+,34-15?/t32-,35-,36-,37-,38+,40+,41+,42-,43+,45+,46+,47-,50-/m1/s1. The molecule has 13 nitrogen and oxygen atoms in total. The van der Waals surface area contributed by atoms with Crippen LogP contribution in [0.3, 0.4) is 0 Å². The maximum atomic E-state index is 14.1. The zero-order valence-corrected chi connectivity index (χ0v) is 39.4. The summed E-state index contributed by atoms with van der Waals surface area (Å²) in [5.41, 5.74) is 1.50. The Bertz CT molecular complexity index is 1620. The normalized spacial score (nSPS) is 38.7. The fourth-order valence-corrected chi connectivity index (χ4v) is 9.64. The van der Waals surface area contributed by atoms with E-state index in [0.717, 1.165) is 24.8 Å². The van der Waals surface area contributed by atoms with Crippen LogP contribution in [0, 0.1) is 29.6 Å². The van der Waals surface area contributed by atoms with Crippen LogP contribution in [0.4, 0.5) is 0 Å². The van der Waals surface area contributed by atoms with Crippen LogP contribution in [0.15, 0.2) is 47.6 Å². The summed E-state index contributed by atoms with van der Waals surface area (Å²) in [6.45, 7) is 11.5. The van der Waals surface area contributed by atoms with Crippen molar-refractivity contribution in [2.24, 2.45) is 29.6 Å². The number of cyclic esters (lactones) is 1. The van der Waals surface area contributed by atoms with Crippen LogP contribution in [0.5, 0.6) is 0 Å². The molecule has 1 aliphatic carbocycles. The first-order valence-corrected chi connectivity index (χ1v) is 23.6. The number of carbonyl (C=O) groups is 4. The highest BCUT2D eigenvalue weighted by atomic mass is 16.6. The van der Waals surface area contributed by atoms with Crippen molar-refractivity contribution in [2.75, 3.05) is 34.1 Å². The van der Waals surface area contributed by atoms with E-state index in [1.54, 1.807) is 34.1 Å². The number of fused-ring (bicyclic) bond motifs is 3. The number of ether oxygens (including phenoxy) is 5. The topological polar surface area (TPSA) is 178 Å². The number of allylic oxidation sites excluding steroid dienone is 6. The van der Waals surface area contributed by atoms with Gasteiger partial charge in [0.2, 0.25) is 11.6 Å². The van der Waals surface area contributed by atoms with E-state index in [-0.39, 0.29) is 73.4 Å². The van der Waals surface area contributed by atoms with Crippen LogP contribution in [-0.4, -0.2) is 126 Å². The molecule has 2 bridgehead atoms. The fourth-order valence-electron chi connectivity index (χ4n) is 9.64. The summed E-state index contributed by atoms with van der Waals surface area (Å²) in [7, 11) is 3.22. The molecule has 3 N–H and O–H groups in total. The molecular formula is C50H79NO12. The second-order valence-corrected chi connectivity index (χ2v) is 19.2. The summed E-state index contributed by atoms with van der Waals surface area (Å²) >= 11 is 0. The van der Waals surface area contributed by atoms with E-state index in [0.29, 0.717) is 63.5 Å². The molecule has 3 aliphatic heterocycles. The van der Waals surface area contributed by atoms with Gasteiger partial charge in [-0.25, -0.2) is 0 Å². The zero-order chi connectivity index (χ0) is 46.3. The highest BCUT2D eigenvalue weighted by molar-refractivity contribution is 5.87. The van der Waals surface area contributed by atoms with Gasteiger partial charge in [0.15, 0.2) is 0 Å². The summed E-state index contributed by atoms with van der Waals surface area (Å²) in [6.07, 6.45) is 15.2. The number of esters is 1. The lowest BCUT2D eigenvalue weighted by Crippen LogP contribution is -2.55. The number of rotatable bonds is 5. The number of methoxy groups -OCH3 is 2. The van der Waals surface area contributed by atoms with Gasteiger partial charge in [-0.2, -0.15) is 0 Å². The molecule has 356 valence electrons. The lowest BCUT2D eigenvalue weighted by atomic mass is 9.78. The van der Waals surface area contributed by atoms with E-state index in [9.17, 15) is 34.5 Å². The molecule has 3 fully saturated rings. The number of nitrogens with zero attached hydrogens (tertiary/aromatic N) is 1. The summed E-state index contributed by atoms with van der Waals surface area (Å²) in [4.78, 5) is 56.5. The van der Waals surface area contributed by atoms with Gasteiger partial charge in [0, 0.05) is 58.3 Å². The summed E-state index contributed by atoms with van der Waals surface area (Å²) in [5, 5.41) is 33.1. The molecule has 13 atom stereocenters. The Morgan fingerprint density at radius 2 is 1.65 bits per heavy atom. The number of carbonyl (C=O) groups excluding carboxylic acids is 4. The SMILES string of the molecule is CO[C@H]1C[C@@H]2CC[C@@H](C)[C@@](O)(O2)C(=O)COCN2CCCC[C@H]2C(=O)O[C@H]([C@H](C)C[C@@H]2CC[C@@H](O)[C@H](OC)C2)CC(=O)C/C=C(\C)[C@@H](O)CC(=O)[C@H](C)C[C@H](C)/C=C/C=C/C=C1C. The van der Waals surface area contributed by atoms with Crippen molar-refractivity contribution in [2.45, 2.75) is 180 Å². The quantitative estimate of drug-likeness (QED) is 0.195. The minimum absolute atomic E-state index is 0.0117. The Balaban J connectivity index is 1.56. The number of hydrogen-bond acceptors (Lipinski definition) is 13. The second kappa shape index (κ2) is 25.7. The Morgan fingerprint density at radius 3 is 2.38 bits per heavy atom. The average molecular weight is 886 g/mol. The van der Waals surface area contributed by atoms with Gasteiger partial charge in [0.1, 0.15) is 37.0 Å². The van der Waals surface area contributed by atoms with Crippen molar-refractivity contribution < 1.29 is 58.2 Å². The van der Waals surface area contributed by atoms with Gasteiger partial charge in [-0.15, -0.1) is 0 Å². The van der Waals surface area contributed by atoms with E-state index in [1.165, 1.54) is 0 Å². The molecule has 13 heteroatoms. The first-order chi connectivity index (χ1) is 29.9. The largest absolute Gasteiger partial charge is 0.460 e. The van der Waals surface area contributed by atoms with Gasteiger partial charge in [-0.1, -0.05) is 70.6 Å². The zero-order valence-electron chi connectivity index (χ0n) is 39.4. The summed E-state index contributed by atoms with van der Waals surface area (Å²) < 4.78 is 29.8. The molecule has 4 aliphatic rings. The van der Waals surface area contributed by atoms with E-state index >= 15 is 0 Å². The molecule has 63 heavy (non-hydrogen) atoms. The van der Waals surface area contributed by atoms with Gasteiger partial charge >= 0.3 is 5.97 Å². The molecule has 2 saturated heterocycles. The van der Waals surface area contributed by atoms with Crippen LogP contribution in [0.1, 0.15) is 131 Å². The first kappa shape index (κ1) is 52.7. The van der Waals surface area contributed by atoms with E-state index < -0.39 is 60.5 Å². The van der Waals surface area contributed by atoms with Crippen LogP contribution >= 0.6 is 0 Å². The van der Waals surface area contributed by atoms with Crippen LogP contribution in [-0.2, 0) is 42.9 Å². The van der Waals surface area contributed by atoms with Crippen molar-refractivity contribution in [3.05, 3.63) is 47.6 Å². The number of Topliss-reactive ketones (excluding diaryl/α,β-unsaturated/α-hetero) is 3. The minimum atomic E-state index is -2.04. The molecule has 0 aromatic heterocycles. The lowest BCUT2D eigenvalue weighted by Gasteiger charge is -2.41. The smallest absolute Gasteiger partial charge is 0.323 e. The van der Waals surface area contributed by atoms with Gasteiger partial charge in [-0.3, -0.25) is 24.1 Å². The average Bonchev–Trinajstić information content (AvgIpc) is 3.25. The predicted octanol–water partition coefficient (Wildman–Crippen LogP) is 6.76. The monoisotopic (exact) mass is 886 g/mol. The second-order valence-electron chi connectivity index (χ2n) is 19.2. The van der Waals surface area contributed by atoms with Crippen molar-refractivity contribution in [3.8, 4) is 0 Å². The molecule has 3 heterocycles. The summed E-state index contributed by atoms with van der Waals surface area (Å²) in [6, 6.07) is -0.656.